The summed E-state index contributed by atoms with van der Waals surface area (Å²) in [5, 5.41) is 2.85. The molecule has 1 saturated heterocycles. The maximum Gasteiger partial charge on any atom is 0.227 e. The van der Waals surface area contributed by atoms with Gasteiger partial charge in [0, 0.05) is 36.6 Å². The van der Waals surface area contributed by atoms with Crippen molar-refractivity contribution in [3.8, 4) is 0 Å². The number of nitrogens with one attached hydrogen (secondary N) is 1. The molecule has 1 aromatic heterocycles. The Morgan fingerprint density at radius 2 is 1.91 bits per heavy atom. The zero-order valence-electron chi connectivity index (χ0n) is 13.0. The molecule has 0 aliphatic carbocycles. The largest absolute Gasteiger partial charge is 0.341 e. The Balaban J connectivity index is 1.56. The van der Waals surface area contributed by atoms with E-state index in [4.69, 9.17) is 0 Å². The minimum Gasteiger partial charge on any atom is -0.341 e. The predicted molar refractivity (Wildman–Crippen MR) is 86.7 cm³/mol. The molecule has 6 heteroatoms. The summed E-state index contributed by atoms with van der Waals surface area (Å²) < 4.78 is 12.9. The summed E-state index contributed by atoms with van der Waals surface area (Å²) in [4.78, 5) is 23.1. The lowest BCUT2D eigenvalue weighted by atomic mass is 9.96. The highest BCUT2D eigenvalue weighted by atomic mass is 19.1. The highest BCUT2D eigenvalue weighted by Crippen LogP contribution is 2.22. The molecule has 2 aromatic rings. The Kier molecular flexibility index (Phi) is 4.50. The third-order valence-corrected chi connectivity index (χ3v) is 4.04. The molecule has 1 N–H and O–H groups in total. The van der Waals surface area contributed by atoms with Crippen molar-refractivity contribution in [2.24, 2.45) is 5.92 Å². The van der Waals surface area contributed by atoms with Gasteiger partial charge in [0.1, 0.15) is 5.82 Å². The molecule has 0 saturated carbocycles. The second kappa shape index (κ2) is 6.73. The number of anilines is 2. The van der Waals surface area contributed by atoms with Crippen LogP contribution in [0.15, 0.2) is 36.5 Å². The summed E-state index contributed by atoms with van der Waals surface area (Å²) in [6, 6.07) is 7.69. The lowest BCUT2D eigenvalue weighted by Crippen LogP contribution is -2.39. The summed E-state index contributed by atoms with van der Waals surface area (Å²) >= 11 is 0. The number of carbonyl (C=O) groups is 1. The van der Waals surface area contributed by atoms with E-state index in [-0.39, 0.29) is 17.6 Å². The first-order valence-electron chi connectivity index (χ1n) is 7.73. The molecule has 0 atom stereocenters. The summed E-state index contributed by atoms with van der Waals surface area (Å²) in [6.07, 6.45) is 3.26. The van der Waals surface area contributed by atoms with Crippen LogP contribution < -0.4 is 10.2 Å². The van der Waals surface area contributed by atoms with Crippen molar-refractivity contribution in [3.05, 3.63) is 48.0 Å². The van der Waals surface area contributed by atoms with Crippen LogP contribution in [0.25, 0.3) is 0 Å². The molecular weight excluding hydrogens is 295 g/mol. The third kappa shape index (κ3) is 3.83. The van der Waals surface area contributed by atoms with Crippen molar-refractivity contribution in [2.75, 3.05) is 23.3 Å². The van der Waals surface area contributed by atoms with Gasteiger partial charge in [-0.15, -0.1) is 0 Å². The van der Waals surface area contributed by atoms with Crippen molar-refractivity contribution >= 4 is 17.5 Å². The van der Waals surface area contributed by atoms with E-state index in [1.54, 1.807) is 18.3 Å². The predicted octanol–water partition coefficient (Wildman–Crippen LogP) is 2.78. The van der Waals surface area contributed by atoms with Crippen LogP contribution in [-0.2, 0) is 4.79 Å². The molecule has 3 rings (SSSR count). The highest BCUT2D eigenvalue weighted by molar-refractivity contribution is 5.92. The average Bonchev–Trinajstić information content (AvgIpc) is 2.57. The first-order valence-corrected chi connectivity index (χ1v) is 7.73. The zero-order valence-corrected chi connectivity index (χ0v) is 13.0. The lowest BCUT2D eigenvalue weighted by molar-refractivity contribution is -0.120. The van der Waals surface area contributed by atoms with Crippen LogP contribution in [0.1, 0.15) is 18.5 Å². The minimum atomic E-state index is -0.311. The van der Waals surface area contributed by atoms with E-state index >= 15 is 0 Å². The molecule has 2 heterocycles. The SMILES string of the molecule is Cc1ccnc(N2CCC(C(=O)Nc3ccc(F)cc3)CC2)n1. The van der Waals surface area contributed by atoms with E-state index in [2.05, 4.69) is 20.2 Å². The molecule has 0 spiro atoms. The topological polar surface area (TPSA) is 58.1 Å². The van der Waals surface area contributed by atoms with E-state index in [1.165, 1.54) is 12.1 Å². The fraction of sp³-hybridized carbons (Fsp3) is 0.353. The Hall–Kier alpha value is -2.50. The number of aryl methyl sites for hydroxylation is 1. The number of halogens is 1. The summed E-state index contributed by atoms with van der Waals surface area (Å²) in [7, 11) is 0. The molecule has 120 valence electrons. The normalized spacial score (nSPS) is 15.5. The molecule has 0 radical (unpaired) electrons. The van der Waals surface area contributed by atoms with Crippen LogP contribution in [0.4, 0.5) is 16.0 Å². The van der Waals surface area contributed by atoms with Gasteiger partial charge in [-0.1, -0.05) is 0 Å². The molecule has 1 fully saturated rings. The third-order valence-electron chi connectivity index (χ3n) is 4.04. The van der Waals surface area contributed by atoms with Gasteiger partial charge in [0.2, 0.25) is 11.9 Å². The fourth-order valence-corrected chi connectivity index (χ4v) is 2.71. The molecule has 0 bridgehead atoms. The van der Waals surface area contributed by atoms with Crippen LogP contribution >= 0.6 is 0 Å². The summed E-state index contributed by atoms with van der Waals surface area (Å²) in [5.74, 6) is 0.361. The second-order valence-electron chi connectivity index (χ2n) is 5.76. The van der Waals surface area contributed by atoms with E-state index in [1.807, 2.05) is 13.0 Å². The summed E-state index contributed by atoms with van der Waals surface area (Å²) in [6.45, 7) is 3.45. The van der Waals surface area contributed by atoms with Crippen LogP contribution in [-0.4, -0.2) is 29.0 Å². The Bertz CT molecular complexity index is 681. The van der Waals surface area contributed by atoms with Gasteiger partial charge in [-0.2, -0.15) is 0 Å². The average molecular weight is 314 g/mol. The van der Waals surface area contributed by atoms with Crippen molar-refractivity contribution in [2.45, 2.75) is 19.8 Å². The van der Waals surface area contributed by atoms with Crippen LogP contribution in [0.2, 0.25) is 0 Å². The first-order chi connectivity index (χ1) is 11.1. The fourth-order valence-electron chi connectivity index (χ4n) is 2.71. The number of rotatable bonds is 3. The van der Waals surface area contributed by atoms with Gasteiger partial charge in [0.25, 0.3) is 0 Å². The van der Waals surface area contributed by atoms with E-state index in [9.17, 15) is 9.18 Å². The van der Waals surface area contributed by atoms with Crippen molar-refractivity contribution in [1.29, 1.82) is 0 Å². The van der Waals surface area contributed by atoms with Gasteiger partial charge in [0.15, 0.2) is 0 Å². The van der Waals surface area contributed by atoms with Crippen molar-refractivity contribution < 1.29 is 9.18 Å². The number of hydrogen-bond acceptors (Lipinski definition) is 4. The van der Waals surface area contributed by atoms with Crippen molar-refractivity contribution in [3.63, 3.8) is 0 Å². The molecule has 1 amide bonds. The van der Waals surface area contributed by atoms with E-state index < -0.39 is 0 Å². The quantitative estimate of drug-likeness (QED) is 0.946. The monoisotopic (exact) mass is 314 g/mol. The molecule has 1 aliphatic rings. The number of piperidine rings is 1. The molecule has 1 aromatic carbocycles. The molecule has 5 nitrogen and oxygen atoms in total. The molecule has 0 unspecified atom stereocenters. The van der Waals surface area contributed by atoms with Crippen LogP contribution in [0.5, 0.6) is 0 Å². The number of benzene rings is 1. The highest BCUT2D eigenvalue weighted by Gasteiger charge is 2.26. The zero-order chi connectivity index (χ0) is 16.2. The van der Waals surface area contributed by atoms with Crippen LogP contribution in [0.3, 0.4) is 0 Å². The Morgan fingerprint density at radius 1 is 1.22 bits per heavy atom. The van der Waals surface area contributed by atoms with Gasteiger partial charge >= 0.3 is 0 Å². The van der Waals surface area contributed by atoms with Crippen LogP contribution in [0, 0.1) is 18.7 Å². The standard InChI is InChI=1S/C17H19FN4O/c1-12-6-9-19-17(20-12)22-10-7-13(8-11-22)16(23)21-15-4-2-14(18)3-5-15/h2-6,9,13H,7-8,10-11H2,1H3,(H,21,23). The Labute approximate surface area is 134 Å². The van der Waals surface area contributed by atoms with Gasteiger partial charge in [-0.25, -0.2) is 14.4 Å². The number of amides is 1. The number of carbonyl (C=O) groups excluding carboxylic acids is 1. The lowest BCUT2D eigenvalue weighted by Gasteiger charge is -2.31. The summed E-state index contributed by atoms with van der Waals surface area (Å²) in [5.41, 5.74) is 1.56. The smallest absolute Gasteiger partial charge is 0.227 e. The number of nitrogens with zero attached hydrogens (tertiary/aromatic N) is 3. The second-order valence-corrected chi connectivity index (χ2v) is 5.76. The number of aromatic nitrogens is 2. The maximum absolute atomic E-state index is 12.9. The number of hydrogen-bond donors (Lipinski definition) is 1. The van der Waals surface area contributed by atoms with Gasteiger partial charge < -0.3 is 10.2 Å². The molecule has 23 heavy (non-hydrogen) atoms. The van der Waals surface area contributed by atoms with E-state index in [0.717, 1.165) is 37.6 Å². The minimum absolute atomic E-state index is 0.0126. The Morgan fingerprint density at radius 3 is 2.57 bits per heavy atom. The van der Waals surface area contributed by atoms with E-state index in [0.29, 0.717) is 5.69 Å². The van der Waals surface area contributed by atoms with Gasteiger partial charge in [0.05, 0.1) is 0 Å². The van der Waals surface area contributed by atoms with Gasteiger partial charge in [-0.3, -0.25) is 4.79 Å². The molecule has 1 aliphatic heterocycles. The maximum atomic E-state index is 12.9. The van der Waals surface area contributed by atoms with Crippen molar-refractivity contribution in [1.82, 2.24) is 9.97 Å². The van der Waals surface area contributed by atoms with Gasteiger partial charge in [-0.05, 0) is 50.1 Å². The molecular formula is C17H19FN4O. The first kappa shape index (κ1) is 15.4.